The summed E-state index contributed by atoms with van der Waals surface area (Å²) in [5, 5.41) is 3.52. The van der Waals surface area contributed by atoms with Crippen LogP contribution in [-0.4, -0.2) is 11.4 Å². The molecule has 1 aliphatic rings. The smallest absolute Gasteiger partial charge is 0.226 e. The molecule has 3 N–H and O–H groups in total. The van der Waals surface area contributed by atoms with E-state index in [2.05, 4.69) is 21.2 Å². The molecular formula is C14H18BrClN2O. The van der Waals surface area contributed by atoms with Gasteiger partial charge in [0.15, 0.2) is 0 Å². The lowest BCUT2D eigenvalue weighted by Crippen LogP contribution is -2.40. The second kappa shape index (κ2) is 5.81. The van der Waals surface area contributed by atoms with Crippen molar-refractivity contribution < 1.29 is 4.79 Å². The van der Waals surface area contributed by atoms with E-state index in [4.69, 9.17) is 17.3 Å². The number of rotatable bonds is 3. The molecule has 1 aliphatic carbocycles. The van der Waals surface area contributed by atoms with Crippen molar-refractivity contribution in [3.63, 3.8) is 0 Å². The van der Waals surface area contributed by atoms with E-state index >= 15 is 0 Å². The Kier molecular flexibility index (Phi) is 4.54. The van der Waals surface area contributed by atoms with Crippen LogP contribution in [-0.2, 0) is 4.79 Å². The van der Waals surface area contributed by atoms with Crippen molar-refractivity contribution in [3.8, 4) is 0 Å². The Hall–Kier alpha value is -0.580. The van der Waals surface area contributed by atoms with Gasteiger partial charge in [-0.1, -0.05) is 24.4 Å². The first-order valence-electron chi connectivity index (χ1n) is 6.44. The van der Waals surface area contributed by atoms with Crippen molar-refractivity contribution >= 4 is 39.1 Å². The van der Waals surface area contributed by atoms with E-state index in [1.54, 1.807) is 6.07 Å². The topological polar surface area (TPSA) is 55.1 Å². The minimum absolute atomic E-state index is 0.0509. The normalized spacial score (nSPS) is 17.5. The number of hydrogen-bond acceptors (Lipinski definition) is 2. The Morgan fingerprint density at radius 3 is 2.74 bits per heavy atom. The van der Waals surface area contributed by atoms with Crippen LogP contribution in [0.3, 0.4) is 0 Å². The van der Waals surface area contributed by atoms with Crippen LogP contribution in [0, 0.1) is 6.92 Å². The monoisotopic (exact) mass is 344 g/mol. The molecule has 1 amide bonds. The number of aryl methyl sites for hydroxylation is 1. The number of carbonyl (C=O) groups excluding carboxylic acids is 1. The lowest BCUT2D eigenvalue weighted by Gasteiger charge is -2.22. The van der Waals surface area contributed by atoms with Gasteiger partial charge in [0.2, 0.25) is 5.91 Å². The summed E-state index contributed by atoms with van der Waals surface area (Å²) >= 11 is 9.50. The zero-order valence-electron chi connectivity index (χ0n) is 10.9. The Labute approximate surface area is 127 Å². The molecule has 1 fully saturated rings. The van der Waals surface area contributed by atoms with Crippen molar-refractivity contribution in [2.75, 3.05) is 5.32 Å². The van der Waals surface area contributed by atoms with Crippen molar-refractivity contribution in [2.24, 2.45) is 5.73 Å². The highest BCUT2D eigenvalue weighted by Gasteiger charge is 2.31. The lowest BCUT2D eigenvalue weighted by molar-refractivity contribution is -0.117. The zero-order chi connectivity index (χ0) is 14.0. The highest BCUT2D eigenvalue weighted by atomic mass is 79.9. The third kappa shape index (κ3) is 3.71. The zero-order valence-corrected chi connectivity index (χ0v) is 13.3. The van der Waals surface area contributed by atoms with E-state index in [0.29, 0.717) is 17.1 Å². The van der Waals surface area contributed by atoms with Crippen LogP contribution >= 0.6 is 27.5 Å². The van der Waals surface area contributed by atoms with Crippen LogP contribution in [0.4, 0.5) is 5.69 Å². The van der Waals surface area contributed by atoms with Gasteiger partial charge in [-0.2, -0.15) is 0 Å². The van der Waals surface area contributed by atoms with E-state index in [-0.39, 0.29) is 11.4 Å². The molecule has 0 bridgehead atoms. The summed E-state index contributed by atoms with van der Waals surface area (Å²) in [5.41, 5.74) is 7.55. The molecule has 1 aromatic rings. The van der Waals surface area contributed by atoms with E-state index in [1.807, 2.05) is 13.0 Å². The van der Waals surface area contributed by atoms with Crippen molar-refractivity contribution in [2.45, 2.75) is 44.6 Å². The van der Waals surface area contributed by atoms with Gasteiger partial charge in [0, 0.05) is 21.5 Å². The van der Waals surface area contributed by atoms with Crippen LogP contribution in [0.25, 0.3) is 0 Å². The number of amides is 1. The fourth-order valence-corrected chi connectivity index (χ4v) is 3.23. The Bertz CT molecular complexity index is 498. The van der Waals surface area contributed by atoms with Gasteiger partial charge in [0.05, 0.1) is 5.69 Å². The van der Waals surface area contributed by atoms with Gasteiger partial charge in [0.1, 0.15) is 0 Å². The molecular weight excluding hydrogens is 328 g/mol. The minimum Gasteiger partial charge on any atom is -0.325 e. The molecule has 0 saturated heterocycles. The Morgan fingerprint density at radius 2 is 2.11 bits per heavy atom. The molecule has 3 nitrogen and oxygen atoms in total. The maximum atomic E-state index is 12.1. The molecule has 0 radical (unpaired) electrons. The summed E-state index contributed by atoms with van der Waals surface area (Å²) in [6, 6.07) is 3.66. The average molecular weight is 346 g/mol. The number of halogens is 2. The molecule has 0 heterocycles. The molecule has 5 heteroatoms. The third-order valence-corrected chi connectivity index (χ3v) is 4.70. The van der Waals surface area contributed by atoms with Crippen molar-refractivity contribution in [1.82, 2.24) is 0 Å². The van der Waals surface area contributed by atoms with E-state index in [1.165, 1.54) is 0 Å². The quantitative estimate of drug-likeness (QED) is 0.869. The van der Waals surface area contributed by atoms with E-state index < -0.39 is 0 Å². The predicted octanol–water partition coefficient (Wildman–Crippen LogP) is 4.01. The standard InChI is InChI=1S/C14H18BrClN2O/c1-9-6-10(15)12(7-11(9)16)18-13(19)8-14(17)4-2-3-5-14/h6-7H,2-5,8,17H2,1H3,(H,18,19). The van der Waals surface area contributed by atoms with Crippen LogP contribution < -0.4 is 11.1 Å². The van der Waals surface area contributed by atoms with Gasteiger partial charge >= 0.3 is 0 Å². The third-order valence-electron chi connectivity index (χ3n) is 3.63. The molecule has 0 spiro atoms. The molecule has 104 valence electrons. The van der Waals surface area contributed by atoms with Gasteiger partial charge in [-0.3, -0.25) is 4.79 Å². The molecule has 0 unspecified atom stereocenters. The van der Waals surface area contributed by atoms with Gasteiger partial charge in [-0.15, -0.1) is 0 Å². The number of hydrogen-bond donors (Lipinski definition) is 2. The van der Waals surface area contributed by atoms with Crippen LogP contribution in [0.1, 0.15) is 37.7 Å². The number of benzene rings is 1. The molecule has 2 rings (SSSR count). The predicted molar refractivity (Wildman–Crippen MR) is 82.5 cm³/mol. The van der Waals surface area contributed by atoms with Crippen LogP contribution in [0.15, 0.2) is 16.6 Å². The second-order valence-corrected chi connectivity index (χ2v) is 6.64. The maximum Gasteiger partial charge on any atom is 0.226 e. The first-order chi connectivity index (χ1) is 8.89. The summed E-state index contributed by atoms with van der Waals surface area (Å²) in [5.74, 6) is -0.0509. The second-order valence-electron chi connectivity index (χ2n) is 5.38. The lowest BCUT2D eigenvalue weighted by atomic mass is 9.94. The average Bonchev–Trinajstić information content (AvgIpc) is 2.72. The number of nitrogens with two attached hydrogens (primary N) is 1. The minimum atomic E-state index is -0.328. The maximum absolute atomic E-state index is 12.1. The molecule has 19 heavy (non-hydrogen) atoms. The van der Waals surface area contributed by atoms with Crippen molar-refractivity contribution in [1.29, 1.82) is 0 Å². The summed E-state index contributed by atoms with van der Waals surface area (Å²) in [7, 11) is 0. The Morgan fingerprint density at radius 1 is 1.47 bits per heavy atom. The Balaban J connectivity index is 2.05. The number of nitrogens with one attached hydrogen (secondary N) is 1. The first kappa shape index (κ1) is 14.8. The van der Waals surface area contributed by atoms with E-state index in [9.17, 15) is 4.79 Å². The SMILES string of the molecule is Cc1cc(Br)c(NC(=O)CC2(N)CCCC2)cc1Cl. The summed E-state index contributed by atoms with van der Waals surface area (Å²) in [4.78, 5) is 12.1. The molecule has 1 aromatic carbocycles. The van der Waals surface area contributed by atoms with E-state index in [0.717, 1.165) is 35.7 Å². The highest BCUT2D eigenvalue weighted by molar-refractivity contribution is 9.10. The van der Waals surface area contributed by atoms with Crippen LogP contribution in [0.2, 0.25) is 5.02 Å². The number of carbonyl (C=O) groups is 1. The van der Waals surface area contributed by atoms with Crippen LogP contribution in [0.5, 0.6) is 0 Å². The molecule has 0 atom stereocenters. The fourth-order valence-electron chi connectivity index (χ4n) is 2.51. The van der Waals surface area contributed by atoms with Gasteiger partial charge in [0.25, 0.3) is 0 Å². The summed E-state index contributed by atoms with van der Waals surface area (Å²) in [6.45, 7) is 1.92. The number of anilines is 1. The molecule has 0 aromatic heterocycles. The fraction of sp³-hybridized carbons (Fsp3) is 0.500. The van der Waals surface area contributed by atoms with Gasteiger partial charge in [-0.05, 0) is 53.4 Å². The highest BCUT2D eigenvalue weighted by Crippen LogP contribution is 2.32. The molecule has 1 saturated carbocycles. The summed E-state index contributed by atoms with van der Waals surface area (Å²) < 4.78 is 0.834. The van der Waals surface area contributed by atoms with Gasteiger partial charge < -0.3 is 11.1 Å². The first-order valence-corrected chi connectivity index (χ1v) is 7.61. The van der Waals surface area contributed by atoms with Gasteiger partial charge in [-0.25, -0.2) is 0 Å². The largest absolute Gasteiger partial charge is 0.325 e. The molecule has 0 aliphatic heterocycles. The summed E-state index contributed by atoms with van der Waals surface area (Å²) in [6.07, 6.45) is 4.45. The van der Waals surface area contributed by atoms with Crippen molar-refractivity contribution in [3.05, 3.63) is 27.2 Å².